The average Bonchev–Trinajstić information content (AvgIpc) is 2.82. The third-order valence-corrected chi connectivity index (χ3v) is 7.65. The van der Waals surface area contributed by atoms with Crippen molar-refractivity contribution in [3.63, 3.8) is 0 Å². The minimum absolute atomic E-state index is 0.0493. The molecule has 0 fully saturated rings. The summed E-state index contributed by atoms with van der Waals surface area (Å²) in [5.41, 5.74) is 1.42. The molecule has 3 aromatic rings. The molecular weight excluding hydrogens is 458 g/mol. The molecule has 7 nitrogen and oxygen atoms in total. The first-order chi connectivity index (χ1) is 15.9. The maximum absolute atomic E-state index is 12.9. The first-order valence-electron chi connectivity index (χ1n) is 10.8. The number of nitrogens with zero attached hydrogens (tertiary/aromatic N) is 1. The molecule has 2 N–H and O–H groups in total. The molecule has 0 aliphatic carbocycles. The minimum Gasteiger partial charge on any atom is -0.355 e. The number of sulfone groups is 1. The van der Waals surface area contributed by atoms with Gasteiger partial charge in [-0.2, -0.15) is 0 Å². The largest absolute Gasteiger partial charge is 0.355 e. The number of hydrogen-bond donors (Lipinski definition) is 2. The summed E-state index contributed by atoms with van der Waals surface area (Å²) in [6, 6.07) is 16.4. The van der Waals surface area contributed by atoms with Crippen LogP contribution < -0.4 is 10.9 Å². The number of unbranched alkanes of at least 4 members (excludes halogenated alkanes) is 1. The Hall–Kier alpha value is -2.91. The van der Waals surface area contributed by atoms with Crippen LogP contribution in [0.25, 0.3) is 0 Å². The summed E-state index contributed by atoms with van der Waals surface area (Å²) in [5, 5.41) is 3.00. The number of hydrogen-bond acceptors (Lipinski definition) is 6. The number of carbonyl (C=O) groups excluding carboxylic acids is 1. The minimum atomic E-state index is -3.99. The molecule has 1 heterocycles. The number of H-pyrrole nitrogens is 1. The van der Waals surface area contributed by atoms with Crippen molar-refractivity contribution in [3.8, 4) is 0 Å². The van der Waals surface area contributed by atoms with E-state index in [1.807, 2.05) is 30.3 Å². The van der Waals surface area contributed by atoms with Gasteiger partial charge in [-0.25, -0.2) is 13.4 Å². The molecule has 3 rings (SSSR count). The number of rotatable bonds is 11. The Kier molecular flexibility index (Phi) is 8.85. The molecule has 0 atom stereocenters. The molecule has 0 saturated heterocycles. The Bertz CT molecular complexity index is 1220. The van der Waals surface area contributed by atoms with Crippen LogP contribution in [0.15, 0.2) is 80.5 Å². The van der Waals surface area contributed by atoms with Crippen LogP contribution in [-0.2, 0) is 27.5 Å². The summed E-state index contributed by atoms with van der Waals surface area (Å²) in [4.78, 5) is 30.6. The van der Waals surface area contributed by atoms with Crippen LogP contribution in [-0.4, -0.2) is 36.6 Å². The zero-order valence-corrected chi connectivity index (χ0v) is 20.0. The number of thioether (sulfide) groups is 1. The van der Waals surface area contributed by atoms with Crippen molar-refractivity contribution >= 4 is 27.5 Å². The smallest absolute Gasteiger partial charge is 0.270 e. The number of aromatic amines is 1. The third kappa shape index (κ3) is 7.03. The van der Waals surface area contributed by atoms with Gasteiger partial charge >= 0.3 is 0 Å². The maximum Gasteiger partial charge on any atom is 0.270 e. The maximum atomic E-state index is 12.9. The van der Waals surface area contributed by atoms with Crippen LogP contribution in [0.3, 0.4) is 0 Å². The van der Waals surface area contributed by atoms with Gasteiger partial charge in [-0.3, -0.25) is 9.59 Å². The number of aromatic nitrogens is 2. The number of aryl methyl sites for hydroxylation is 1. The number of carbonyl (C=O) groups is 1. The average molecular weight is 486 g/mol. The predicted octanol–water partition coefficient (Wildman–Crippen LogP) is 3.40. The zero-order valence-electron chi connectivity index (χ0n) is 18.4. The van der Waals surface area contributed by atoms with E-state index in [0.29, 0.717) is 6.54 Å². The van der Waals surface area contributed by atoms with Crippen molar-refractivity contribution < 1.29 is 13.2 Å². The molecule has 1 aromatic heterocycles. The van der Waals surface area contributed by atoms with Gasteiger partial charge in [0.05, 0.1) is 16.8 Å². The SMILES string of the molecule is CCCCc1ccc(S(=O)(=O)c2cnc(SCC(=O)NCCc3ccccc3)[nH]c2=O)cc1. The summed E-state index contributed by atoms with van der Waals surface area (Å²) >= 11 is 1.04. The highest BCUT2D eigenvalue weighted by molar-refractivity contribution is 7.99. The fourth-order valence-corrected chi connectivity index (χ4v) is 5.05. The topological polar surface area (TPSA) is 109 Å². The van der Waals surface area contributed by atoms with Crippen molar-refractivity contribution in [1.29, 1.82) is 0 Å². The summed E-state index contributed by atoms with van der Waals surface area (Å²) in [6.45, 7) is 2.60. The van der Waals surface area contributed by atoms with Crippen molar-refractivity contribution in [3.05, 3.63) is 82.3 Å². The van der Waals surface area contributed by atoms with E-state index >= 15 is 0 Å². The summed E-state index contributed by atoms with van der Waals surface area (Å²) < 4.78 is 25.7. The second-order valence-electron chi connectivity index (χ2n) is 7.51. The predicted molar refractivity (Wildman–Crippen MR) is 129 cm³/mol. The normalized spacial score (nSPS) is 11.3. The van der Waals surface area contributed by atoms with Gasteiger partial charge in [0.1, 0.15) is 0 Å². The molecule has 33 heavy (non-hydrogen) atoms. The number of amides is 1. The summed E-state index contributed by atoms with van der Waals surface area (Å²) in [6.07, 6.45) is 4.73. The lowest BCUT2D eigenvalue weighted by molar-refractivity contribution is -0.118. The molecule has 0 radical (unpaired) electrons. The van der Waals surface area contributed by atoms with Gasteiger partial charge in [0.2, 0.25) is 15.7 Å². The molecule has 1 amide bonds. The zero-order chi connectivity index (χ0) is 23.7. The highest BCUT2D eigenvalue weighted by atomic mass is 32.2. The van der Waals surface area contributed by atoms with E-state index in [4.69, 9.17) is 0 Å². The van der Waals surface area contributed by atoms with Crippen molar-refractivity contribution in [2.75, 3.05) is 12.3 Å². The van der Waals surface area contributed by atoms with Gasteiger partial charge in [0.25, 0.3) is 5.56 Å². The van der Waals surface area contributed by atoms with Crippen molar-refractivity contribution in [2.45, 2.75) is 47.6 Å². The molecule has 0 aliphatic heterocycles. The standard InChI is InChI=1S/C24H27N3O4S2/c1-2-3-7-19-10-12-20(13-11-19)33(30,31)21-16-26-24(27-23(21)29)32-17-22(28)25-15-14-18-8-5-4-6-9-18/h4-6,8-13,16H,2-3,7,14-15,17H2,1H3,(H,25,28)(H,26,27,29). The first-order valence-corrected chi connectivity index (χ1v) is 13.2. The molecule has 0 saturated carbocycles. The molecule has 0 spiro atoms. The molecule has 0 aliphatic rings. The molecule has 174 valence electrons. The highest BCUT2D eigenvalue weighted by Gasteiger charge is 2.22. The van der Waals surface area contributed by atoms with Crippen molar-refractivity contribution in [1.82, 2.24) is 15.3 Å². The van der Waals surface area contributed by atoms with Crippen LogP contribution in [0.1, 0.15) is 30.9 Å². The van der Waals surface area contributed by atoms with Crippen LogP contribution in [0.4, 0.5) is 0 Å². The van der Waals surface area contributed by atoms with Gasteiger partial charge in [0, 0.05) is 6.54 Å². The monoisotopic (exact) mass is 485 g/mol. The number of benzene rings is 2. The van der Waals surface area contributed by atoms with E-state index in [1.54, 1.807) is 12.1 Å². The highest BCUT2D eigenvalue weighted by Crippen LogP contribution is 2.20. The Morgan fingerprint density at radius 1 is 1.03 bits per heavy atom. The van der Waals surface area contributed by atoms with Gasteiger partial charge in [-0.1, -0.05) is 67.6 Å². The van der Waals surface area contributed by atoms with Crippen LogP contribution in [0, 0.1) is 0 Å². The van der Waals surface area contributed by atoms with E-state index in [1.165, 1.54) is 12.1 Å². The van der Waals surface area contributed by atoms with Crippen molar-refractivity contribution in [2.24, 2.45) is 0 Å². The summed E-state index contributed by atoms with van der Waals surface area (Å²) in [7, 11) is -3.99. The second-order valence-corrected chi connectivity index (χ2v) is 10.4. The van der Waals surface area contributed by atoms with E-state index in [0.717, 1.165) is 54.8 Å². The van der Waals surface area contributed by atoms with E-state index in [2.05, 4.69) is 22.2 Å². The molecule has 2 aromatic carbocycles. The molecule has 0 unspecified atom stereocenters. The Morgan fingerprint density at radius 3 is 2.39 bits per heavy atom. The van der Waals surface area contributed by atoms with E-state index in [9.17, 15) is 18.0 Å². The lowest BCUT2D eigenvalue weighted by Gasteiger charge is -2.07. The molecule has 0 bridgehead atoms. The Balaban J connectivity index is 1.57. The van der Waals surface area contributed by atoms with Gasteiger partial charge < -0.3 is 10.3 Å². The lowest BCUT2D eigenvalue weighted by Crippen LogP contribution is -2.27. The fraction of sp³-hybridized carbons (Fsp3) is 0.292. The number of nitrogens with one attached hydrogen (secondary N) is 2. The van der Waals surface area contributed by atoms with E-state index < -0.39 is 20.3 Å². The third-order valence-electron chi connectivity index (χ3n) is 5.00. The van der Waals surface area contributed by atoms with Crippen LogP contribution >= 0.6 is 11.8 Å². The lowest BCUT2D eigenvalue weighted by atomic mass is 10.1. The van der Waals surface area contributed by atoms with Crippen LogP contribution in [0.5, 0.6) is 0 Å². The Labute approximate surface area is 198 Å². The van der Waals surface area contributed by atoms with Gasteiger partial charge in [-0.15, -0.1) is 0 Å². The van der Waals surface area contributed by atoms with E-state index in [-0.39, 0.29) is 21.7 Å². The first kappa shape index (κ1) is 24.7. The molecular formula is C24H27N3O4S2. The van der Waals surface area contributed by atoms with Crippen LogP contribution in [0.2, 0.25) is 0 Å². The fourth-order valence-electron chi connectivity index (χ4n) is 3.15. The Morgan fingerprint density at radius 2 is 1.73 bits per heavy atom. The van der Waals surface area contributed by atoms with Gasteiger partial charge in [0.15, 0.2) is 10.1 Å². The summed E-state index contributed by atoms with van der Waals surface area (Å²) in [5.74, 6) is -0.137. The van der Waals surface area contributed by atoms with Gasteiger partial charge in [-0.05, 0) is 42.5 Å². The quantitative estimate of drug-likeness (QED) is 0.318. The molecule has 9 heteroatoms. The second kappa shape index (κ2) is 11.8.